The molecule has 270 valence electrons. The summed E-state index contributed by atoms with van der Waals surface area (Å²) in [7, 11) is 0. The maximum Gasteiger partial charge on any atom is 0.160 e. The van der Waals surface area contributed by atoms with Crippen LogP contribution in [0.1, 0.15) is 0 Å². The van der Waals surface area contributed by atoms with Gasteiger partial charge in [-0.2, -0.15) is 0 Å². The highest BCUT2D eigenvalue weighted by atomic mass is 14.9. The van der Waals surface area contributed by atoms with Gasteiger partial charge < -0.3 is 0 Å². The molecular formula is C55H35N3. The van der Waals surface area contributed by atoms with E-state index >= 15 is 0 Å². The lowest BCUT2D eigenvalue weighted by atomic mass is 9.87. The first-order valence-electron chi connectivity index (χ1n) is 19.7. The van der Waals surface area contributed by atoms with Crippen LogP contribution in [0.25, 0.3) is 110 Å². The first-order valence-corrected chi connectivity index (χ1v) is 19.7. The molecular weight excluding hydrogens is 703 g/mol. The van der Waals surface area contributed by atoms with Crippen LogP contribution in [-0.2, 0) is 0 Å². The molecule has 9 aromatic carbocycles. The van der Waals surface area contributed by atoms with Crippen LogP contribution in [0.5, 0.6) is 0 Å². The topological polar surface area (TPSA) is 38.7 Å². The zero-order valence-electron chi connectivity index (χ0n) is 31.5. The summed E-state index contributed by atoms with van der Waals surface area (Å²) in [4.78, 5) is 14.7. The Kier molecular flexibility index (Phi) is 8.15. The maximum absolute atomic E-state index is 5.22. The summed E-state index contributed by atoms with van der Waals surface area (Å²) in [6.07, 6.45) is 3.69. The minimum Gasteiger partial charge on any atom is -0.264 e. The molecule has 3 nitrogen and oxygen atoms in total. The van der Waals surface area contributed by atoms with E-state index in [0.29, 0.717) is 5.82 Å². The van der Waals surface area contributed by atoms with E-state index in [-0.39, 0.29) is 0 Å². The lowest BCUT2D eigenvalue weighted by molar-refractivity contribution is 1.18. The van der Waals surface area contributed by atoms with Gasteiger partial charge in [-0.05, 0) is 113 Å². The van der Waals surface area contributed by atoms with Gasteiger partial charge in [-0.1, -0.05) is 164 Å². The van der Waals surface area contributed by atoms with Crippen molar-refractivity contribution < 1.29 is 0 Å². The molecule has 11 rings (SSSR count). The van der Waals surface area contributed by atoms with Crippen LogP contribution in [0.15, 0.2) is 213 Å². The number of pyridine rings is 1. The molecule has 2 heterocycles. The van der Waals surface area contributed by atoms with Crippen molar-refractivity contribution >= 4 is 43.1 Å². The van der Waals surface area contributed by atoms with Crippen LogP contribution < -0.4 is 0 Å². The molecule has 2 aromatic heterocycles. The molecule has 0 atom stereocenters. The minimum atomic E-state index is 0.685. The Labute approximate surface area is 336 Å². The van der Waals surface area contributed by atoms with E-state index in [4.69, 9.17) is 9.97 Å². The van der Waals surface area contributed by atoms with E-state index in [9.17, 15) is 0 Å². The first kappa shape index (κ1) is 33.6. The Morgan fingerprint density at radius 1 is 0.276 bits per heavy atom. The monoisotopic (exact) mass is 737 g/mol. The van der Waals surface area contributed by atoms with Gasteiger partial charge in [0.05, 0.1) is 11.4 Å². The second-order valence-corrected chi connectivity index (χ2v) is 14.8. The van der Waals surface area contributed by atoms with Gasteiger partial charge in [0, 0.05) is 29.1 Å². The van der Waals surface area contributed by atoms with Crippen molar-refractivity contribution in [2.75, 3.05) is 0 Å². The van der Waals surface area contributed by atoms with Crippen LogP contribution in [0, 0.1) is 0 Å². The van der Waals surface area contributed by atoms with Crippen LogP contribution in [0.4, 0.5) is 0 Å². The molecule has 0 aliphatic rings. The van der Waals surface area contributed by atoms with Crippen molar-refractivity contribution in [2.45, 2.75) is 0 Å². The summed E-state index contributed by atoms with van der Waals surface area (Å²) in [5.41, 5.74) is 11.7. The Balaban J connectivity index is 1.07. The quantitative estimate of drug-likeness (QED) is 0.160. The van der Waals surface area contributed by atoms with Gasteiger partial charge >= 0.3 is 0 Å². The normalized spacial score (nSPS) is 11.4. The summed E-state index contributed by atoms with van der Waals surface area (Å²) in [5.74, 6) is 0.685. The van der Waals surface area contributed by atoms with Gasteiger partial charge in [0.25, 0.3) is 0 Å². The van der Waals surface area contributed by atoms with Crippen molar-refractivity contribution in [1.82, 2.24) is 15.0 Å². The average molecular weight is 738 g/mol. The fourth-order valence-corrected chi connectivity index (χ4v) is 8.46. The first-order chi connectivity index (χ1) is 28.7. The third-order valence-corrected chi connectivity index (χ3v) is 11.3. The van der Waals surface area contributed by atoms with E-state index in [1.54, 1.807) is 6.20 Å². The molecule has 0 saturated heterocycles. The van der Waals surface area contributed by atoms with E-state index in [1.165, 1.54) is 59.8 Å². The van der Waals surface area contributed by atoms with Crippen LogP contribution in [-0.4, -0.2) is 15.0 Å². The molecule has 0 fully saturated rings. The molecule has 0 aliphatic heterocycles. The Hall–Kier alpha value is -7.75. The van der Waals surface area contributed by atoms with Crippen molar-refractivity contribution in [3.05, 3.63) is 213 Å². The summed E-state index contributed by atoms with van der Waals surface area (Å²) in [6.45, 7) is 0. The lowest BCUT2D eigenvalue weighted by Crippen LogP contribution is -1.96. The number of fused-ring (bicyclic) bond motifs is 6. The number of hydrogen-bond donors (Lipinski definition) is 0. The molecule has 0 saturated carbocycles. The lowest BCUT2D eigenvalue weighted by Gasteiger charge is -2.17. The number of hydrogen-bond acceptors (Lipinski definition) is 3. The van der Waals surface area contributed by atoms with E-state index in [0.717, 1.165) is 44.8 Å². The van der Waals surface area contributed by atoms with Crippen LogP contribution >= 0.6 is 0 Å². The second-order valence-electron chi connectivity index (χ2n) is 14.8. The second kappa shape index (κ2) is 14.1. The molecule has 58 heavy (non-hydrogen) atoms. The molecule has 0 bridgehead atoms. The Morgan fingerprint density at radius 2 is 0.793 bits per heavy atom. The summed E-state index contributed by atoms with van der Waals surface area (Å²) in [5, 5.41) is 9.89. The van der Waals surface area contributed by atoms with Gasteiger partial charge in [0.2, 0.25) is 0 Å². The predicted octanol–water partition coefficient (Wildman–Crippen LogP) is 14.5. The van der Waals surface area contributed by atoms with Gasteiger partial charge in [0.15, 0.2) is 5.82 Å². The largest absolute Gasteiger partial charge is 0.264 e. The highest BCUT2D eigenvalue weighted by Gasteiger charge is 2.17. The van der Waals surface area contributed by atoms with E-state index in [2.05, 4.69) is 193 Å². The smallest absolute Gasteiger partial charge is 0.160 e. The van der Waals surface area contributed by atoms with Crippen molar-refractivity contribution in [1.29, 1.82) is 0 Å². The number of aromatic nitrogens is 3. The van der Waals surface area contributed by atoms with Gasteiger partial charge in [-0.15, -0.1) is 0 Å². The highest BCUT2D eigenvalue weighted by molar-refractivity contribution is 6.24. The molecule has 0 aliphatic carbocycles. The zero-order chi connectivity index (χ0) is 38.4. The van der Waals surface area contributed by atoms with Crippen molar-refractivity contribution in [3.8, 4) is 67.3 Å². The maximum atomic E-state index is 5.22. The molecule has 0 N–H and O–H groups in total. The molecule has 0 amide bonds. The number of nitrogens with zero attached hydrogens (tertiary/aromatic N) is 3. The van der Waals surface area contributed by atoms with E-state index in [1.807, 2.05) is 18.3 Å². The molecule has 3 heteroatoms. The third-order valence-electron chi connectivity index (χ3n) is 11.3. The summed E-state index contributed by atoms with van der Waals surface area (Å²) >= 11 is 0. The molecule has 0 radical (unpaired) electrons. The summed E-state index contributed by atoms with van der Waals surface area (Å²) < 4.78 is 0. The van der Waals surface area contributed by atoms with E-state index < -0.39 is 0 Å². The van der Waals surface area contributed by atoms with Crippen molar-refractivity contribution in [2.24, 2.45) is 0 Å². The van der Waals surface area contributed by atoms with Gasteiger partial charge in [-0.25, -0.2) is 9.97 Å². The number of benzene rings is 9. The van der Waals surface area contributed by atoms with Gasteiger partial charge in [0.1, 0.15) is 0 Å². The Bertz CT molecular complexity index is 3320. The van der Waals surface area contributed by atoms with Gasteiger partial charge in [-0.3, -0.25) is 4.98 Å². The van der Waals surface area contributed by atoms with Crippen LogP contribution in [0.2, 0.25) is 0 Å². The Morgan fingerprint density at radius 3 is 1.47 bits per heavy atom. The fraction of sp³-hybridized carbons (Fsp3) is 0. The zero-order valence-corrected chi connectivity index (χ0v) is 31.5. The SMILES string of the molecule is c1ccc(-c2cc(-c3ccc(-c4cccnc4)cc3)nc(-c3cccc(-c4cc5c6ccccc6c(-c6ccc7ccccc7c6)cc5c5ccccc45)c3)n2)cc1. The van der Waals surface area contributed by atoms with Crippen molar-refractivity contribution in [3.63, 3.8) is 0 Å². The third kappa shape index (κ3) is 5.98. The molecule has 0 unspecified atom stereocenters. The fourth-order valence-electron chi connectivity index (χ4n) is 8.46. The average Bonchev–Trinajstić information content (AvgIpc) is 3.31. The number of rotatable bonds is 6. The molecule has 11 aromatic rings. The standard InChI is InChI=1S/C55H35N3/c1-2-13-38(14-3-1)53-34-54(39-26-23-37(24-27-39)44-18-11-29-56-35-44)58-55(57-53)43-17-10-16-41(31-43)49-32-51-48-22-9-7-20-46(48)50(33-52(51)47-21-8-6-19-45(47)49)42-28-25-36-12-4-5-15-40(36)30-42/h1-35H. The summed E-state index contributed by atoms with van der Waals surface area (Å²) in [6, 6.07) is 71.6. The van der Waals surface area contributed by atoms with Crippen LogP contribution in [0.3, 0.4) is 0 Å². The minimum absolute atomic E-state index is 0.685. The predicted molar refractivity (Wildman–Crippen MR) is 242 cm³/mol. The molecule has 0 spiro atoms. The highest BCUT2D eigenvalue weighted by Crippen LogP contribution is 2.43.